The van der Waals surface area contributed by atoms with Crippen LogP contribution in [0.2, 0.25) is 0 Å². The summed E-state index contributed by atoms with van der Waals surface area (Å²) in [5.74, 6) is 0.0621. The number of aldehydes is 1. The molecular weight excluding hydrogens is 286 g/mol. The first-order valence-corrected chi connectivity index (χ1v) is 7.39. The van der Waals surface area contributed by atoms with Crippen molar-refractivity contribution in [3.05, 3.63) is 52.5 Å². The fourth-order valence-corrected chi connectivity index (χ4v) is 2.41. The van der Waals surface area contributed by atoms with E-state index in [9.17, 15) is 9.59 Å². The number of carbonyl (C=O) groups is 2. The van der Waals surface area contributed by atoms with E-state index in [4.69, 9.17) is 4.42 Å². The van der Waals surface area contributed by atoms with Crippen molar-refractivity contribution in [1.82, 2.24) is 4.98 Å². The van der Waals surface area contributed by atoms with Crippen LogP contribution in [0, 0.1) is 6.92 Å². The molecule has 0 aliphatic heterocycles. The molecule has 0 bridgehead atoms. The van der Waals surface area contributed by atoms with Crippen molar-refractivity contribution < 1.29 is 14.0 Å². The zero-order valence-corrected chi connectivity index (χ0v) is 12.4. The number of aryl methyl sites for hydroxylation is 1. The average molecular weight is 301 g/mol. The molecule has 108 valence electrons. The Hall–Kier alpha value is -2.27. The molecule has 2 aromatic heterocycles. The fourth-order valence-electron chi connectivity index (χ4n) is 1.72. The van der Waals surface area contributed by atoms with Gasteiger partial charge in [-0.15, -0.1) is 11.3 Å². The Morgan fingerprint density at radius 3 is 2.95 bits per heavy atom. The van der Waals surface area contributed by atoms with E-state index < -0.39 is 0 Å². The number of benzene rings is 1. The van der Waals surface area contributed by atoms with Gasteiger partial charge in [-0.25, -0.2) is 4.98 Å². The summed E-state index contributed by atoms with van der Waals surface area (Å²) in [5.41, 5.74) is 2.99. The second-order valence-electron chi connectivity index (χ2n) is 4.43. The van der Waals surface area contributed by atoms with Crippen LogP contribution in [0.5, 0.6) is 0 Å². The van der Waals surface area contributed by atoms with Gasteiger partial charge in [-0.05, 0) is 36.1 Å². The highest BCUT2D eigenvalue weighted by molar-refractivity contribution is 7.12. The summed E-state index contributed by atoms with van der Waals surface area (Å²) in [5, 5.41) is 1.86. The van der Waals surface area contributed by atoms with Crippen LogP contribution in [-0.4, -0.2) is 17.1 Å². The van der Waals surface area contributed by atoms with Gasteiger partial charge in [0.1, 0.15) is 11.8 Å². The van der Waals surface area contributed by atoms with Gasteiger partial charge in [0.25, 0.3) is 0 Å². The van der Waals surface area contributed by atoms with Crippen molar-refractivity contribution in [3.63, 3.8) is 0 Å². The lowest BCUT2D eigenvalue weighted by Crippen LogP contribution is -1.95. The number of carbonyl (C=O) groups excluding carboxylic acids is 2. The summed E-state index contributed by atoms with van der Waals surface area (Å²) in [6, 6.07) is 9.54. The highest BCUT2D eigenvalue weighted by Gasteiger charge is 2.04. The number of thiophene rings is 1. The van der Waals surface area contributed by atoms with E-state index in [0.29, 0.717) is 12.8 Å². The molecule has 0 unspecified atom stereocenters. The van der Waals surface area contributed by atoms with Crippen molar-refractivity contribution in [2.75, 3.05) is 0 Å². The minimum Gasteiger partial charge on any atom is -0.443 e. The molecule has 0 atom stereocenters. The van der Waals surface area contributed by atoms with Crippen LogP contribution >= 0.6 is 11.3 Å². The van der Waals surface area contributed by atoms with Crippen molar-refractivity contribution in [3.8, 4) is 0 Å². The maximum atomic E-state index is 11.1. The number of rotatable bonds is 4. The Bertz CT molecular complexity index is 716. The average Bonchev–Trinajstić information content (AvgIpc) is 3.15. The first kappa shape index (κ1) is 15.1. The molecular formula is C16H15NO3S. The number of ketones is 1. The Morgan fingerprint density at radius 1 is 1.38 bits per heavy atom. The summed E-state index contributed by atoms with van der Waals surface area (Å²) < 4.78 is 5.06. The smallest absolute Gasteiger partial charge is 0.181 e. The Balaban J connectivity index is 0.000000154. The summed E-state index contributed by atoms with van der Waals surface area (Å²) in [6.45, 7) is 2.04. The lowest BCUT2D eigenvalue weighted by atomic mass is 10.2. The monoisotopic (exact) mass is 301 g/mol. The van der Waals surface area contributed by atoms with Crippen molar-refractivity contribution in [2.24, 2.45) is 0 Å². The van der Waals surface area contributed by atoms with E-state index in [1.165, 1.54) is 23.3 Å². The largest absolute Gasteiger partial charge is 0.443 e. The maximum Gasteiger partial charge on any atom is 0.181 e. The predicted molar refractivity (Wildman–Crippen MR) is 82.7 cm³/mol. The SMILES string of the molecule is Cc1ccc2ocnc2c1.O=CCCC(=O)c1cccs1. The van der Waals surface area contributed by atoms with Crippen LogP contribution < -0.4 is 0 Å². The molecule has 0 spiro atoms. The van der Waals surface area contributed by atoms with E-state index >= 15 is 0 Å². The molecule has 0 amide bonds. The topological polar surface area (TPSA) is 60.2 Å². The lowest BCUT2D eigenvalue weighted by molar-refractivity contribution is -0.107. The van der Waals surface area contributed by atoms with Gasteiger partial charge in [0.2, 0.25) is 0 Å². The quantitative estimate of drug-likeness (QED) is 0.539. The number of nitrogens with zero attached hydrogens (tertiary/aromatic N) is 1. The van der Waals surface area contributed by atoms with Crippen LogP contribution in [0.25, 0.3) is 11.1 Å². The highest BCUT2D eigenvalue weighted by Crippen LogP contribution is 2.13. The molecule has 3 aromatic rings. The number of aromatic nitrogens is 1. The normalized spacial score (nSPS) is 9.95. The minimum absolute atomic E-state index is 0.0621. The third-order valence-corrected chi connectivity index (χ3v) is 3.68. The van der Waals surface area contributed by atoms with Crippen LogP contribution in [0.3, 0.4) is 0 Å². The van der Waals surface area contributed by atoms with E-state index in [0.717, 1.165) is 22.3 Å². The third kappa shape index (κ3) is 4.36. The van der Waals surface area contributed by atoms with Crippen molar-refractivity contribution in [2.45, 2.75) is 19.8 Å². The zero-order valence-electron chi connectivity index (χ0n) is 11.6. The second kappa shape index (κ2) is 7.50. The first-order chi connectivity index (χ1) is 10.2. The van der Waals surface area contributed by atoms with E-state index in [1.807, 2.05) is 36.6 Å². The van der Waals surface area contributed by atoms with Gasteiger partial charge in [0.15, 0.2) is 17.8 Å². The number of hydrogen-bond donors (Lipinski definition) is 0. The van der Waals surface area contributed by atoms with Gasteiger partial charge >= 0.3 is 0 Å². The number of oxazole rings is 1. The minimum atomic E-state index is 0.0621. The summed E-state index contributed by atoms with van der Waals surface area (Å²) in [4.78, 5) is 25.8. The summed E-state index contributed by atoms with van der Waals surface area (Å²) >= 11 is 1.42. The highest BCUT2D eigenvalue weighted by atomic mass is 32.1. The van der Waals surface area contributed by atoms with Crippen LogP contribution in [0.4, 0.5) is 0 Å². The fraction of sp³-hybridized carbons (Fsp3) is 0.188. The van der Waals surface area contributed by atoms with Crippen molar-refractivity contribution >= 4 is 34.5 Å². The molecule has 2 heterocycles. The molecule has 5 heteroatoms. The van der Waals surface area contributed by atoms with Crippen LogP contribution in [-0.2, 0) is 4.79 Å². The van der Waals surface area contributed by atoms with Crippen LogP contribution in [0.1, 0.15) is 28.1 Å². The summed E-state index contributed by atoms with van der Waals surface area (Å²) in [7, 11) is 0. The Morgan fingerprint density at radius 2 is 2.24 bits per heavy atom. The van der Waals surface area contributed by atoms with Crippen molar-refractivity contribution in [1.29, 1.82) is 0 Å². The molecule has 0 aliphatic rings. The Kier molecular flexibility index (Phi) is 5.40. The van der Waals surface area contributed by atoms with Gasteiger partial charge in [0, 0.05) is 12.8 Å². The molecule has 0 aliphatic carbocycles. The van der Waals surface area contributed by atoms with E-state index in [-0.39, 0.29) is 5.78 Å². The molecule has 0 saturated heterocycles. The number of hydrogen-bond acceptors (Lipinski definition) is 5. The molecule has 1 aromatic carbocycles. The molecule has 0 N–H and O–H groups in total. The molecule has 4 nitrogen and oxygen atoms in total. The molecule has 3 rings (SSSR count). The van der Waals surface area contributed by atoms with Gasteiger partial charge in [0.05, 0.1) is 4.88 Å². The van der Waals surface area contributed by atoms with E-state index in [1.54, 1.807) is 6.07 Å². The van der Waals surface area contributed by atoms with Gasteiger partial charge in [-0.2, -0.15) is 0 Å². The van der Waals surface area contributed by atoms with E-state index in [2.05, 4.69) is 4.98 Å². The third-order valence-electron chi connectivity index (χ3n) is 2.77. The van der Waals surface area contributed by atoms with Gasteiger partial charge < -0.3 is 9.21 Å². The molecule has 0 saturated carbocycles. The predicted octanol–water partition coefficient (Wildman–Crippen LogP) is 4.05. The van der Waals surface area contributed by atoms with Crippen LogP contribution in [0.15, 0.2) is 46.5 Å². The molecule has 21 heavy (non-hydrogen) atoms. The van der Waals surface area contributed by atoms with Gasteiger partial charge in [-0.3, -0.25) is 4.79 Å². The zero-order chi connectivity index (χ0) is 15.1. The second-order valence-corrected chi connectivity index (χ2v) is 5.38. The van der Waals surface area contributed by atoms with Gasteiger partial charge in [-0.1, -0.05) is 12.1 Å². The standard InChI is InChI=1S/C8H7NO.C8H8O2S/c1-6-2-3-8-7(4-6)9-5-10-8;9-5-1-3-7(10)8-4-2-6-11-8/h2-5H,1H3;2,4-6H,1,3H2. The lowest BCUT2D eigenvalue weighted by Gasteiger charge is -1.90. The molecule has 0 fully saturated rings. The number of fused-ring (bicyclic) bond motifs is 1. The first-order valence-electron chi connectivity index (χ1n) is 6.51. The summed E-state index contributed by atoms with van der Waals surface area (Å²) in [6.07, 6.45) is 2.90. The Labute approximate surface area is 126 Å². The maximum absolute atomic E-state index is 11.1. The number of Topliss-reactive ketones (excluding diaryl/α,β-unsaturated/α-hetero) is 1. The molecule has 0 radical (unpaired) electrons.